The van der Waals surface area contributed by atoms with Crippen LogP contribution in [0.25, 0.3) is 44.4 Å². The number of rotatable bonds is 9. The van der Waals surface area contributed by atoms with E-state index in [-0.39, 0.29) is 26.3 Å². The summed E-state index contributed by atoms with van der Waals surface area (Å²) in [5, 5.41) is 7.31. The molecule has 250 valence electrons. The van der Waals surface area contributed by atoms with Crippen LogP contribution in [0.15, 0.2) is 85.1 Å². The number of unbranched alkanes of at least 4 members (excludes halogenated alkanes) is 1. The molecule has 0 aliphatic heterocycles. The normalized spacial score (nSPS) is 11.4. The molecule has 0 amide bonds. The molecule has 3 heterocycles. The molecule has 5 nitrogen and oxygen atoms in total. The second kappa shape index (κ2) is 14.2. The van der Waals surface area contributed by atoms with Crippen molar-refractivity contribution in [2.24, 2.45) is 0 Å². The largest absolute Gasteiger partial charge is 2.00 e. The van der Waals surface area contributed by atoms with E-state index in [1.54, 1.807) is 0 Å². The van der Waals surface area contributed by atoms with Crippen LogP contribution in [0.2, 0.25) is 0 Å². The molecule has 3 aromatic heterocycles. The van der Waals surface area contributed by atoms with Gasteiger partial charge in [0.2, 0.25) is 0 Å². The Bertz CT molecular complexity index is 2270. The number of aromatic nitrogens is 4. The number of fused-ring (bicyclic) bond motifs is 3. The molecule has 0 fully saturated rings. The molecule has 0 N–H and O–H groups in total. The zero-order chi connectivity index (χ0) is 33.5. The van der Waals surface area contributed by atoms with E-state index in [0.29, 0.717) is 11.5 Å². The molecule has 0 saturated heterocycles. The number of ether oxygens (including phenoxy) is 1. The Hall–Kier alpha value is -4.50. The summed E-state index contributed by atoms with van der Waals surface area (Å²) in [6.45, 7) is 15.2. The minimum atomic E-state index is 0. The molecule has 4 aromatic carbocycles. The van der Waals surface area contributed by atoms with Crippen LogP contribution in [-0.2, 0) is 26.8 Å². The summed E-state index contributed by atoms with van der Waals surface area (Å²) < 4.78 is 10.8. The Morgan fingerprint density at radius 1 is 0.796 bits per heavy atom. The maximum Gasteiger partial charge on any atom is 2.00 e. The van der Waals surface area contributed by atoms with Crippen LogP contribution < -0.4 is 4.74 Å². The Morgan fingerprint density at radius 2 is 1.57 bits per heavy atom. The van der Waals surface area contributed by atoms with E-state index >= 15 is 0 Å². The molecule has 0 radical (unpaired) electrons. The van der Waals surface area contributed by atoms with E-state index < -0.39 is 0 Å². The maximum atomic E-state index is 6.62. The van der Waals surface area contributed by atoms with Crippen LogP contribution in [0.5, 0.6) is 11.5 Å². The molecule has 0 atom stereocenters. The molecule has 0 unspecified atom stereocenters. The third kappa shape index (κ3) is 6.48. The number of nitrogens with zero attached hydrogens (tertiary/aromatic N) is 4. The molecule has 0 aliphatic rings. The zero-order valence-corrected chi connectivity index (χ0v) is 30.8. The van der Waals surface area contributed by atoms with Crippen molar-refractivity contribution in [1.82, 2.24) is 19.3 Å². The SMILES string of the molecule is CCCCc1ccnc(-n2c3[c-]c(Oc4[c-]c(-n5nc(C)c(-c6c(C)cccc6C)c5C)cc(C(C)C)c4)ccc3c3ccccc32)c1.[Pd+2]. The van der Waals surface area contributed by atoms with Gasteiger partial charge in [-0.25, -0.2) is 4.98 Å². The predicted molar refractivity (Wildman–Crippen MR) is 197 cm³/mol. The monoisotopic (exact) mass is 736 g/mol. The number of aryl methyl sites for hydroxylation is 4. The van der Waals surface area contributed by atoms with Crippen molar-refractivity contribution in [2.45, 2.75) is 73.6 Å². The summed E-state index contributed by atoms with van der Waals surface area (Å²) in [7, 11) is 0. The van der Waals surface area contributed by atoms with Crippen LogP contribution in [0.1, 0.15) is 73.2 Å². The van der Waals surface area contributed by atoms with Crippen molar-refractivity contribution in [2.75, 3.05) is 0 Å². The minimum absolute atomic E-state index is 0. The average molecular weight is 737 g/mol. The van der Waals surface area contributed by atoms with Crippen molar-refractivity contribution in [1.29, 1.82) is 0 Å². The summed E-state index contributed by atoms with van der Waals surface area (Å²) >= 11 is 0. The van der Waals surface area contributed by atoms with Crippen LogP contribution in [-0.4, -0.2) is 19.3 Å². The third-order valence-electron chi connectivity index (χ3n) is 9.40. The summed E-state index contributed by atoms with van der Waals surface area (Å²) in [5.41, 5.74) is 12.3. The topological polar surface area (TPSA) is 44.9 Å². The quantitative estimate of drug-likeness (QED) is 0.109. The first-order valence-corrected chi connectivity index (χ1v) is 17.0. The smallest absolute Gasteiger partial charge is 0.509 e. The van der Waals surface area contributed by atoms with Gasteiger partial charge in [0.15, 0.2) is 0 Å². The van der Waals surface area contributed by atoms with E-state index in [1.165, 1.54) is 27.8 Å². The molecule has 7 aromatic rings. The van der Waals surface area contributed by atoms with Gasteiger partial charge in [0.05, 0.1) is 5.69 Å². The van der Waals surface area contributed by atoms with E-state index in [1.807, 2.05) is 16.9 Å². The number of para-hydroxylation sites is 1. The molecular formula is C43H42N4OPd. The van der Waals surface area contributed by atoms with Gasteiger partial charge in [0.25, 0.3) is 0 Å². The van der Waals surface area contributed by atoms with Gasteiger partial charge in [-0.3, -0.25) is 4.68 Å². The van der Waals surface area contributed by atoms with Gasteiger partial charge in [-0.05, 0) is 98.0 Å². The summed E-state index contributed by atoms with van der Waals surface area (Å²) in [4.78, 5) is 4.82. The van der Waals surface area contributed by atoms with Crippen molar-refractivity contribution in [3.8, 4) is 34.1 Å². The van der Waals surface area contributed by atoms with Crippen molar-refractivity contribution >= 4 is 21.8 Å². The van der Waals surface area contributed by atoms with Gasteiger partial charge < -0.3 is 9.30 Å². The average Bonchev–Trinajstić information content (AvgIpc) is 3.56. The first-order chi connectivity index (χ1) is 23.2. The molecule has 0 bridgehead atoms. The first kappa shape index (κ1) is 34.4. The Balaban J connectivity index is 0.00000417. The number of hydrogen-bond donors (Lipinski definition) is 0. The molecule has 0 spiro atoms. The van der Waals surface area contributed by atoms with Crippen LogP contribution >= 0.6 is 0 Å². The molecule has 0 saturated carbocycles. The van der Waals surface area contributed by atoms with Crippen molar-refractivity contribution < 1.29 is 25.2 Å². The van der Waals surface area contributed by atoms with Crippen molar-refractivity contribution in [3.63, 3.8) is 0 Å². The predicted octanol–water partition coefficient (Wildman–Crippen LogP) is 11.1. The van der Waals surface area contributed by atoms with Crippen molar-refractivity contribution in [3.05, 3.63) is 131 Å². The Morgan fingerprint density at radius 3 is 2.33 bits per heavy atom. The molecule has 0 aliphatic carbocycles. The molecular weight excluding hydrogens is 695 g/mol. The molecule has 49 heavy (non-hydrogen) atoms. The maximum absolute atomic E-state index is 6.62. The van der Waals surface area contributed by atoms with Gasteiger partial charge >= 0.3 is 20.4 Å². The zero-order valence-electron chi connectivity index (χ0n) is 29.3. The van der Waals surface area contributed by atoms with Crippen LogP contribution in [0.3, 0.4) is 0 Å². The second-order valence-corrected chi connectivity index (χ2v) is 13.2. The molecule has 7 rings (SSSR count). The summed E-state index contributed by atoms with van der Waals surface area (Å²) in [6.07, 6.45) is 5.26. The van der Waals surface area contributed by atoms with E-state index in [0.717, 1.165) is 69.5 Å². The molecule has 6 heteroatoms. The van der Waals surface area contributed by atoms with Crippen LogP contribution in [0.4, 0.5) is 0 Å². The van der Waals surface area contributed by atoms with Gasteiger partial charge in [-0.15, -0.1) is 41.3 Å². The number of benzene rings is 4. The third-order valence-corrected chi connectivity index (χ3v) is 9.40. The Labute approximate surface area is 303 Å². The fourth-order valence-corrected chi connectivity index (χ4v) is 6.91. The van der Waals surface area contributed by atoms with Gasteiger partial charge in [-0.1, -0.05) is 69.1 Å². The fourth-order valence-electron chi connectivity index (χ4n) is 6.91. The van der Waals surface area contributed by atoms with Gasteiger partial charge in [0.1, 0.15) is 5.82 Å². The van der Waals surface area contributed by atoms with E-state index in [4.69, 9.17) is 14.8 Å². The first-order valence-electron chi connectivity index (χ1n) is 17.0. The number of hydrogen-bond acceptors (Lipinski definition) is 3. The minimum Gasteiger partial charge on any atom is -0.509 e. The number of pyridine rings is 1. The standard InChI is InChI=1S/C43H42N4O.Pd/c1-8-9-15-32-20-21-44-41(22-32)46-39-17-11-10-16-37(39)38-19-18-35(26-40(38)46)48-36-24-33(27(2)3)23-34(25-36)47-31(7)43(30(6)45-47)42-28(4)13-12-14-29(42)5;/h10-14,16-24,27H,8-9,15H2,1-7H3;/q-2;+2. The Kier molecular flexibility index (Phi) is 9.93. The van der Waals surface area contributed by atoms with Gasteiger partial charge in [0, 0.05) is 34.5 Å². The van der Waals surface area contributed by atoms with Gasteiger partial charge in [-0.2, -0.15) is 11.2 Å². The second-order valence-electron chi connectivity index (χ2n) is 13.2. The van der Waals surface area contributed by atoms with E-state index in [9.17, 15) is 0 Å². The van der Waals surface area contributed by atoms with Crippen LogP contribution in [0, 0.1) is 39.8 Å². The summed E-state index contributed by atoms with van der Waals surface area (Å²) in [5.74, 6) is 2.44. The summed E-state index contributed by atoms with van der Waals surface area (Å²) in [6, 6.07) is 34.8. The fraction of sp³-hybridized carbons (Fsp3) is 0.256. The van der Waals surface area contributed by atoms with E-state index in [2.05, 4.69) is 138 Å².